The molecule has 1 aromatic rings. The summed E-state index contributed by atoms with van der Waals surface area (Å²) in [7, 11) is 0. The van der Waals surface area contributed by atoms with Crippen molar-refractivity contribution in [3.8, 4) is 0 Å². The van der Waals surface area contributed by atoms with Gasteiger partial charge in [0.25, 0.3) is 5.56 Å². The third-order valence-electron chi connectivity index (χ3n) is 4.33. The first-order valence-corrected chi connectivity index (χ1v) is 8.92. The van der Waals surface area contributed by atoms with Crippen LogP contribution in [0.5, 0.6) is 0 Å². The number of nitrogens with zero attached hydrogens (tertiary/aromatic N) is 1. The lowest BCUT2D eigenvalue weighted by Crippen LogP contribution is -2.34. The van der Waals surface area contributed by atoms with Crippen LogP contribution in [0.1, 0.15) is 58.1 Å². The number of aliphatic hydroxyl groups excluding tert-OH is 1. The van der Waals surface area contributed by atoms with E-state index in [0.29, 0.717) is 6.42 Å². The van der Waals surface area contributed by atoms with Crippen LogP contribution in [0.15, 0.2) is 15.8 Å². The molecule has 0 bridgehead atoms. The van der Waals surface area contributed by atoms with Crippen LogP contribution in [-0.2, 0) is 14.3 Å². The normalized spacial score (nSPS) is 22.5. The quantitative estimate of drug-likeness (QED) is 0.498. The lowest BCUT2D eigenvalue weighted by Gasteiger charge is -2.16. The molecular formula is C17H25FN2O6. The number of halogens is 1. The average molecular weight is 372 g/mol. The van der Waals surface area contributed by atoms with Crippen LogP contribution in [0.2, 0.25) is 0 Å². The maximum atomic E-state index is 13.4. The zero-order chi connectivity index (χ0) is 19.1. The Balaban J connectivity index is 1.82. The summed E-state index contributed by atoms with van der Waals surface area (Å²) in [6, 6.07) is 0. The van der Waals surface area contributed by atoms with Gasteiger partial charge in [-0.15, -0.1) is 0 Å². The Labute approximate surface area is 149 Å². The van der Waals surface area contributed by atoms with Gasteiger partial charge in [-0.2, -0.15) is 4.39 Å². The fraction of sp³-hybridized carbons (Fsp3) is 0.706. The smallest absolute Gasteiger partial charge is 0.330 e. The monoisotopic (exact) mass is 372 g/mol. The summed E-state index contributed by atoms with van der Waals surface area (Å²) in [5.74, 6) is -1.49. The zero-order valence-electron chi connectivity index (χ0n) is 14.8. The van der Waals surface area contributed by atoms with Gasteiger partial charge in [-0.1, -0.05) is 32.6 Å². The summed E-state index contributed by atoms with van der Waals surface area (Å²) in [6.45, 7) is 1.97. The van der Waals surface area contributed by atoms with Crippen molar-refractivity contribution in [2.45, 2.75) is 70.3 Å². The minimum absolute atomic E-state index is 0.0185. The van der Waals surface area contributed by atoms with Crippen LogP contribution >= 0.6 is 0 Å². The molecule has 1 aliphatic heterocycles. The number of aromatic amines is 1. The number of rotatable bonds is 9. The second-order valence-corrected chi connectivity index (χ2v) is 6.42. The summed E-state index contributed by atoms with van der Waals surface area (Å²) in [6.07, 6.45) is 3.41. The Bertz CT molecular complexity index is 716. The minimum Gasteiger partial charge on any atom is -0.463 e. The fourth-order valence-electron chi connectivity index (χ4n) is 2.83. The Hall–Kier alpha value is -2.00. The number of carbonyl (C=O) groups excluding carboxylic acids is 1. The molecule has 0 aromatic carbocycles. The average Bonchev–Trinajstić information content (AvgIpc) is 2.96. The molecule has 2 rings (SSSR count). The molecule has 0 amide bonds. The van der Waals surface area contributed by atoms with Gasteiger partial charge >= 0.3 is 11.7 Å². The third-order valence-corrected chi connectivity index (χ3v) is 4.33. The van der Waals surface area contributed by atoms with Crippen molar-refractivity contribution >= 4 is 5.97 Å². The van der Waals surface area contributed by atoms with Crippen LogP contribution in [0.25, 0.3) is 0 Å². The predicted molar refractivity (Wildman–Crippen MR) is 90.1 cm³/mol. The topological polar surface area (TPSA) is 111 Å². The van der Waals surface area contributed by atoms with Gasteiger partial charge in [-0.3, -0.25) is 19.1 Å². The maximum Gasteiger partial charge on any atom is 0.330 e. The van der Waals surface area contributed by atoms with Gasteiger partial charge in [-0.25, -0.2) is 4.79 Å². The van der Waals surface area contributed by atoms with E-state index in [1.807, 2.05) is 4.98 Å². The third kappa shape index (κ3) is 5.50. The summed E-state index contributed by atoms with van der Waals surface area (Å²) in [5, 5.41) is 10.0. The summed E-state index contributed by atoms with van der Waals surface area (Å²) >= 11 is 0. The lowest BCUT2D eigenvalue weighted by molar-refractivity contribution is -0.150. The highest BCUT2D eigenvalue weighted by Crippen LogP contribution is 2.27. The van der Waals surface area contributed by atoms with Gasteiger partial charge in [0, 0.05) is 12.8 Å². The number of esters is 1. The van der Waals surface area contributed by atoms with Gasteiger partial charge in [0.05, 0.1) is 12.3 Å². The Kier molecular flexibility index (Phi) is 7.52. The van der Waals surface area contributed by atoms with Crippen molar-refractivity contribution < 1.29 is 23.8 Å². The predicted octanol–water partition coefficient (Wildman–Crippen LogP) is 1.23. The molecule has 26 heavy (non-hydrogen) atoms. The molecule has 1 fully saturated rings. The van der Waals surface area contributed by atoms with Crippen LogP contribution in [-0.4, -0.2) is 39.4 Å². The van der Waals surface area contributed by atoms with Gasteiger partial charge in [0.2, 0.25) is 5.82 Å². The van der Waals surface area contributed by atoms with Crippen LogP contribution in [0.3, 0.4) is 0 Å². The highest BCUT2D eigenvalue weighted by Gasteiger charge is 2.36. The summed E-state index contributed by atoms with van der Waals surface area (Å²) in [4.78, 5) is 36.4. The molecular weight excluding hydrogens is 347 g/mol. The first kappa shape index (κ1) is 20.3. The molecule has 0 radical (unpaired) electrons. The molecule has 2 heterocycles. The molecule has 0 unspecified atom stereocenters. The van der Waals surface area contributed by atoms with Crippen LogP contribution in [0.4, 0.5) is 4.39 Å². The number of nitrogens with one attached hydrogen (secondary N) is 1. The molecule has 0 aliphatic carbocycles. The number of carbonyl (C=O) groups is 1. The van der Waals surface area contributed by atoms with E-state index in [1.165, 1.54) is 0 Å². The molecule has 1 aromatic heterocycles. The van der Waals surface area contributed by atoms with E-state index in [2.05, 4.69) is 6.92 Å². The van der Waals surface area contributed by atoms with Gasteiger partial charge in [0.1, 0.15) is 18.9 Å². The molecule has 0 saturated carbocycles. The standard InChI is InChI=1S/C17H25FN2O6/c1-2-3-4-5-6-7-15(22)25-10-13-12(21)8-14(26-13)20-9-11(18)16(23)19-17(20)24/h9,12-14,21H,2-8,10H2,1H3,(H,19,23,24)/t12-,13+,14+/m0/s1. The second-order valence-electron chi connectivity index (χ2n) is 6.42. The molecule has 1 saturated heterocycles. The number of aliphatic hydroxyl groups is 1. The summed E-state index contributed by atoms with van der Waals surface area (Å²) in [5.41, 5.74) is -1.95. The molecule has 146 valence electrons. The lowest BCUT2D eigenvalue weighted by atomic mass is 10.1. The molecule has 8 nitrogen and oxygen atoms in total. The van der Waals surface area contributed by atoms with Crippen molar-refractivity contribution in [2.24, 2.45) is 0 Å². The van der Waals surface area contributed by atoms with Gasteiger partial charge in [0.15, 0.2) is 0 Å². The van der Waals surface area contributed by atoms with Crippen molar-refractivity contribution in [1.82, 2.24) is 9.55 Å². The largest absolute Gasteiger partial charge is 0.463 e. The Morgan fingerprint density at radius 2 is 2.12 bits per heavy atom. The van der Waals surface area contributed by atoms with Crippen molar-refractivity contribution in [2.75, 3.05) is 6.61 Å². The highest BCUT2D eigenvalue weighted by atomic mass is 19.1. The molecule has 9 heteroatoms. The first-order chi connectivity index (χ1) is 12.4. The van der Waals surface area contributed by atoms with Gasteiger partial charge in [-0.05, 0) is 6.42 Å². The second kappa shape index (κ2) is 9.63. The van der Waals surface area contributed by atoms with E-state index in [0.717, 1.165) is 42.9 Å². The summed E-state index contributed by atoms with van der Waals surface area (Å²) < 4.78 is 24.8. The fourth-order valence-corrected chi connectivity index (χ4v) is 2.83. The van der Waals surface area contributed by atoms with Crippen molar-refractivity contribution in [1.29, 1.82) is 0 Å². The number of unbranched alkanes of at least 4 members (excludes halogenated alkanes) is 4. The number of H-pyrrole nitrogens is 1. The molecule has 0 spiro atoms. The SMILES string of the molecule is CCCCCCCC(=O)OC[C@H]1O[C@@H](n2cc(F)c(=O)[nH]c2=O)C[C@@H]1O. The van der Waals surface area contributed by atoms with Crippen LogP contribution < -0.4 is 11.2 Å². The van der Waals surface area contributed by atoms with Crippen molar-refractivity contribution in [3.05, 3.63) is 32.9 Å². The van der Waals surface area contributed by atoms with E-state index < -0.39 is 35.5 Å². The van der Waals surface area contributed by atoms with Crippen LogP contribution in [0, 0.1) is 5.82 Å². The van der Waals surface area contributed by atoms with E-state index in [1.54, 1.807) is 0 Å². The van der Waals surface area contributed by atoms with E-state index >= 15 is 0 Å². The number of ether oxygens (including phenoxy) is 2. The van der Waals surface area contributed by atoms with Crippen molar-refractivity contribution in [3.63, 3.8) is 0 Å². The Morgan fingerprint density at radius 1 is 1.38 bits per heavy atom. The molecule has 2 N–H and O–H groups in total. The van der Waals surface area contributed by atoms with E-state index in [-0.39, 0.29) is 19.0 Å². The Morgan fingerprint density at radius 3 is 2.85 bits per heavy atom. The maximum absolute atomic E-state index is 13.4. The number of aromatic nitrogens is 2. The van der Waals surface area contributed by atoms with E-state index in [4.69, 9.17) is 9.47 Å². The molecule has 1 aliphatic rings. The highest BCUT2D eigenvalue weighted by molar-refractivity contribution is 5.69. The number of hydrogen-bond acceptors (Lipinski definition) is 6. The minimum atomic E-state index is -1.12. The van der Waals surface area contributed by atoms with E-state index in [9.17, 15) is 23.9 Å². The van der Waals surface area contributed by atoms with Gasteiger partial charge < -0.3 is 14.6 Å². The number of hydrogen-bond donors (Lipinski definition) is 2. The zero-order valence-corrected chi connectivity index (χ0v) is 14.8. The first-order valence-electron chi connectivity index (χ1n) is 8.92. The molecule has 3 atom stereocenters.